The predicted molar refractivity (Wildman–Crippen MR) is 110 cm³/mol. The first-order chi connectivity index (χ1) is 12.8. The second-order valence-electron chi connectivity index (χ2n) is 6.79. The summed E-state index contributed by atoms with van der Waals surface area (Å²) in [5.74, 6) is -0.0608. The Morgan fingerprint density at radius 3 is 2.59 bits per heavy atom. The van der Waals surface area contributed by atoms with Gasteiger partial charge < -0.3 is 5.32 Å². The van der Waals surface area contributed by atoms with E-state index in [1.807, 2.05) is 38.6 Å². The summed E-state index contributed by atoms with van der Waals surface area (Å²) in [7, 11) is 1.87. The standard InChI is InChI=1S/C20H25N5OS/c1-12-7-8-17(13(2)11-12)25-10-9-21-20(25)27-16(5)19(26)22-18-14(3)23-24(6)15(18)4/h7-11,16H,1-6H3,(H,22,26). The molecule has 3 rings (SSSR count). The number of amides is 1. The number of nitrogens with zero attached hydrogens (tertiary/aromatic N) is 4. The van der Waals surface area contributed by atoms with Crippen LogP contribution in [0.3, 0.4) is 0 Å². The molecule has 0 saturated carbocycles. The number of benzene rings is 1. The molecule has 2 aromatic heterocycles. The summed E-state index contributed by atoms with van der Waals surface area (Å²) in [5, 5.41) is 7.86. The SMILES string of the molecule is Cc1ccc(-n2ccnc2SC(C)C(=O)Nc2c(C)nn(C)c2C)c(C)c1. The maximum absolute atomic E-state index is 12.7. The Morgan fingerprint density at radius 2 is 1.96 bits per heavy atom. The van der Waals surface area contributed by atoms with E-state index in [1.165, 1.54) is 22.9 Å². The van der Waals surface area contributed by atoms with Gasteiger partial charge in [0.05, 0.1) is 28.0 Å². The molecule has 0 fully saturated rings. The molecule has 142 valence electrons. The van der Waals surface area contributed by atoms with Gasteiger partial charge in [0.15, 0.2) is 5.16 Å². The van der Waals surface area contributed by atoms with Crippen LogP contribution in [0.25, 0.3) is 5.69 Å². The van der Waals surface area contributed by atoms with E-state index in [2.05, 4.69) is 47.4 Å². The van der Waals surface area contributed by atoms with E-state index in [0.29, 0.717) is 0 Å². The zero-order chi connectivity index (χ0) is 19.7. The monoisotopic (exact) mass is 383 g/mol. The first-order valence-electron chi connectivity index (χ1n) is 8.86. The fraction of sp³-hybridized carbons (Fsp3) is 0.350. The number of anilines is 1. The first kappa shape index (κ1) is 19.2. The Hall–Kier alpha value is -2.54. The number of carbonyl (C=O) groups is 1. The molecule has 0 bridgehead atoms. The van der Waals surface area contributed by atoms with Gasteiger partial charge in [-0.1, -0.05) is 29.5 Å². The van der Waals surface area contributed by atoms with Crippen molar-refractivity contribution in [3.05, 3.63) is 53.1 Å². The van der Waals surface area contributed by atoms with Crippen LogP contribution < -0.4 is 5.32 Å². The molecule has 7 heteroatoms. The van der Waals surface area contributed by atoms with Gasteiger partial charge in [-0.25, -0.2) is 4.98 Å². The highest BCUT2D eigenvalue weighted by Crippen LogP contribution is 2.28. The van der Waals surface area contributed by atoms with E-state index >= 15 is 0 Å². The molecule has 1 unspecified atom stereocenters. The van der Waals surface area contributed by atoms with Gasteiger partial charge >= 0.3 is 0 Å². The quantitative estimate of drug-likeness (QED) is 0.678. The minimum absolute atomic E-state index is 0.0608. The third kappa shape index (κ3) is 3.93. The van der Waals surface area contributed by atoms with E-state index in [0.717, 1.165) is 27.9 Å². The zero-order valence-corrected chi connectivity index (χ0v) is 17.4. The van der Waals surface area contributed by atoms with Crippen molar-refractivity contribution in [3.8, 4) is 5.69 Å². The lowest BCUT2D eigenvalue weighted by Gasteiger charge is -2.15. The highest BCUT2D eigenvalue weighted by Gasteiger charge is 2.21. The lowest BCUT2D eigenvalue weighted by atomic mass is 10.1. The van der Waals surface area contributed by atoms with Crippen molar-refractivity contribution in [2.75, 3.05) is 5.32 Å². The third-order valence-corrected chi connectivity index (χ3v) is 5.71. The zero-order valence-electron chi connectivity index (χ0n) is 16.6. The molecule has 0 radical (unpaired) electrons. The molecule has 2 heterocycles. The van der Waals surface area contributed by atoms with Crippen LogP contribution in [0.15, 0.2) is 35.7 Å². The van der Waals surface area contributed by atoms with Crippen LogP contribution in [-0.4, -0.2) is 30.5 Å². The molecule has 1 aromatic carbocycles. The van der Waals surface area contributed by atoms with E-state index in [4.69, 9.17) is 0 Å². The summed E-state index contributed by atoms with van der Waals surface area (Å²) in [6.07, 6.45) is 3.70. The first-order valence-corrected chi connectivity index (χ1v) is 9.74. The Morgan fingerprint density at radius 1 is 1.22 bits per heavy atom. The number of thioether (sulfide) groups is 1. The molecule has 1 N–H and O–H groups in total. The van der Waals surface area contributed by atoms with Gasteiger partial charge in [0, 0.05) is 19.4 Å². The number of aryl methyl sites for hydroxylation is 4. The Bertz CT molecular complexity index is 988. The van der Waals surface area contributed by atoms with Gasteiger partial charge in [-0.3, -0.25) is 14.0 Å². The van der Waals surface area contributed by atoms with E-state index in [1.54, 1.807) is 10.9 Å². The molecule has 3 aromatic rings. The summed E-state index contributed by atoms with van der Waals surface area (Å²) in [6.45, 7) is 9.89. The summed E-state index contributed by atoms with van der Waals surface area (Å²) in [4.78, 5) is 17.2. The average molecular weight is 384 g/mol. The molecule has 0 spiro atoms. The highest BCUT2D eigenvalue weighted by atomic mass is 32.2. The normalized spacial score (nSPS) is 12.2. The molecule has 0 saturated heterocycles. The van der Waals surface area contributed by atoms with E-state index in [-0.39, 0.29) is 11.2 Å². The van der Waals surface area contributed by atoms with Crippen LogP contribution in [0.1, 0.15) is 29.4 Å². The smallest absolute Gasteiger partial charge is 0.237 e. The topological polar surface area (TPSA) is 64.7 Å². The molecule has 0 aliphatic rings. The van der Waals surface area contributed by atoms with Gasteiger partial charge in [-0.05, 0) is 46.2 Å². The molecule has 0 aliphatic carbocycles. The second-order valence-corrected chi connectivity index (χ2v) is 8.10. The van der Waals surface area contributed by atoms with Crippen molar-refractivity contribution in [3.63, 3.8) is 0 Å². The Labute approximate surface area is 164 Å². The van der Waals surface area contributed by atoms with Crippen molar-refractivity contribution in [2.45, 2.75) is 45.0 Å². The minimum atomic E-state index is -0.295. The number of hydrogen-bond acceptors (Lipinski definition) is 4. The Kier molecular flexibility index (Phi) is 5.41. The summed E-state index contributed by atoms with van der Waals surface area (Å²) in [5.41, 5.74) is 6.01. The van der Waals surface area contributed by atoms with Crippen molar-refractivity contribution in [1.82, 2.24) is 19.3 Å². The fourth-order valence-corrected chi connectivity index (χ4v) is 3.90. The molecule has 0 aliphatic heterocycles. The van der Waals surface area contributed by atoms with Crippen LogP contribution in [-0.2, 0) is 11.8 Å². The lowest BCUT2D eigenvalue weighted by molar-refractivity contribution is -0.115. The van der Waals surface area contributed by atoms with Crippen LogP contribution in [0.2, 0.25) is 0 Å². The van der Waals surface area contributed by atoms with E-state index in [9.17, 15) is 4.79 Å². The molecule has 6 nitrogen and oxygen atoms in total. The summed E-state index contributed by atoms with van der Waals surface area (Å²) >= 11 is 1.44. The molecule has 27 heavy (non-hydrogen) atoms. The van der Waals surface area contributed by atoms with Crippen LogP contribution >= 0.6 is 11.8 Å². The maximum atomic E-state index is 12.7. The van der Waals surface area contributed by atoms with Crippen LogP contribution in [0, 0.1) is 27.7 Å². The fourth-order valence-electron chi connectivity index (χ4n) is 3.03. The minimum Gasteiger partial charge on any atom is -0.322 e. The second kappa shape index (κ2) is 7.60. The van der Waals surface area contributed by atoms with Crippen LogP contribution in [0.4, 0.5) is 5.69 Å². The molecule has 1 atom stereocenters. The Balaban J connectivity index is 1.78. The summed E-state index contributed by atoms with van der Waals surface area (Å²) in [6, 6.07) is 6.32. The highest BCUT2D eigenvalue weighted by molar-refractivity contribution is 8.00. The number of carbonyl (C=O) groups excluding carboxylic acids is 1. The number of nitrogens with one attached hydrogen (secondary N) is 1. The van der Waals surface area contributed by atoms with Gasteiger partial charge in [0.25, 0.3) is 0 Å². The number of imidazole rings is 1. The number of aromatic nitrogens is 4. The number of rotatable bonds is 5. The van der Waals surface area contributed by atoms with Crippen molar-refractivity contribution >= 4 is 23.4 Å². The van der Waals surface area contributed by atoms with Crippen molar-refractivity contribution in [1.29, 1.82) is 0 Å². The summed E-state index contributed by atoms with van der Waals surface area (Å²) < 4.78 is 3.80. The lowest BCUT2D eigenvalue weighted by Crippen LogP contribution is -2.23. The third-order valence-electron chi connectivity index (χ3n) is 4.63. The largest absolute Gasteiger partial charge is 0.322 e. The maximum Gasteiger partial charge on any atom is 0.237 e. The molecular formula is C20H25N5OS. The van der Waals surface area contributed by atoms with Crippen molar-refractivity contribution < 1.29 is 4.79 Å². The average Bonchev–Trinajstić information content (AvgIpc) is 3.14. The van der Waals surface area contributed by atoms with Gasteiger partial charge in [0.1, 0.15) is 0 Å². The van der Waals surface area contributed by atoms with Gasteiger partial charge in [0.2, 0.25) is 5.91 Å². The van der Waals surface area contributed by atoms with Gasteiger partial charge in [-0.2, -0.15) is 5.10 Å². The molecular weight excluding hydrogens is 358 g/mol. The van der Waals surface area contributed by atoms with Crippen molar-refractivity contribution in [2.24, 2.45) is 7.05 Å². The predicted octanol–water partition coefficient (Wildman–Crippen LogP) is 3.96. The van der Waals surface area contributed by atoms with Gasteiger partial charge in [-0.15, -0.1) is 0 Å². The van der Waals surface area contributed by atoms with E-state index < -0.39 is 0 Å². The van der Waals surface area contributed by atoms with Crippen LogP contribution in [0.5, 0.6) is 0 Å². The molecule has 1 amide bonds. The number of hydrogen-bond donors (Lipinski definition) is 1.